The fraction of sp³-hybridized carbons (Fsp3) is 0.0357. The van der Waals surface area contributed by atoms with Crippen LogP contribution in [0.1, 0.15) is 31.8 Å². The van der Waals surface area contributed by atoms with Crippen LogP contribution in [0.2, 0.25) is 10.0 Å². The van der Waals surface area contributed by atoms with E-state index in [-0.39, 0.29) is 16.3 Å². The van der Waals surface area contributed by atoms with E-state index in [1.165, 1.54) is 6.21 Å². The van der Waals surface area contributed by atoms with Crippen molar-refractivity contribution in [3.8, 4) is 11.5 Å². The summed E-state index contributed by atoms with van der Waals surface area (Å²) in [4.78, 5) is 25.1. The Morgan fingerprint density at radius 3 is 2.38 bits per heavy atom. The number of esters is 1. The highest BCUT2D eigenvalue weighted by Gasteiger charge is 2.14. The molecule has 0 radical (unpaired) electrons. The number of hydrogen-bond acceptors (Lipinski definition) is 5. The number of nitrogens with zero attached hydrogens (tertiary/aromatic N) is 1. The van der Waals surface area contributed by atoms with Gasteiger partial charge < -0.3 is 9.47 Å². The first kappa shape index (κ1) is 26.4. The van der Waals surface area contributed by atoms with E-state index in [0.717, 1.165) is 10.0 Å². The van der Waals surface area contributed by atoms with Crippen LogP contribution in [0.15, 0.2) is 101 Å². The summed E-state index contributed by atoms with van der Waals surface area (Å²) in [5, 5.41) is 4.97. The Kier molecular flexibility index (Phi) is 8.95. The smallest absolute Gasteiger partial charge is 0.345 e. The van der Waals surface area contributed by atoms with Gasteiger partial charge in [0.1, 0.15) is 18.1 Å². The van der Waals surface area contributed by atoms with Crippen molar-refractivity contribution in [3.05, 3.63) is 128 Å². The van der Waals surface area contributed by atoms with E-state index in [2.05, 4.69) is 26.5 Å². The molecule has 0 aliphatic heterocycles. The van der Waals surface area contributed by atoms with Gasteiger partial charge in [0, 0.05) is 20.6 Å². The lowest BCUT2D eigenvalue weighted by Gasteiger charge is -2.09. The lowest BCUT2D eigenvalue weighted by Crippen LogP contribution is -2.17. The number of carbonyl (C=O) groups is 2. The molecule has 0 bridgehead atoms. The summed E-state index contributed by atoms with van der Waals surface area (Å²) < 4.78 is 12.0. The normalized spacial score (nSPS) is 10.8. The monoisotopic (exact) mass is 596 g/mol. The van der Waals surface area contributed by atoms with Crippen molar-refractivity contribution in [1.82, 2.24) is 5.43 Å². The van der Waals surface area contributed by atoms with Crippen LogP contribution < -0.4 is 14.9 Å². The summed E-state index contributed by atoms with van der Waals surface area (Å²) in [5.74, 6) is -0.141. The van der Waals surface area contributed by atoms with Gasteiger partial charge in [-0.15, -0.1) is 0 Å². The van der Waals surface area contributed by atoms with E-state index in [1.807, 2.05) is 12.1 Å². The predicted octanol–water partition coefficient (Wildman–Crippen LogP) is 7.32. The largest absolute Gasteiger partial charge is 0.489 e. The number of halogens is 3. The van der Waals surface area contributed by atoms with Crippen LogP contribution in [0.25, 0.3) is 0 Å². The third-order valence-electron chi connectivity index (χ3n) is 5.07. The molecule has 0 saturated heterocycles. The molecule has 9 heteroatoms. The fourth-order valence-electron chi connectivity index (χ4n) is 3.17. The van der Waals surface area contributed by atoms with Gasteiger partial charge in [-0.25, -0.2) is 10.2 Å². The molecule has 0 atom stereocenters. The zero-order chi connectivity index (χ0) is 26.2. The zero-order valence-electron chi connectivity index (χ0n) is 19.2. The van der Waals surface area contributed by atoms with Crippen LogP contribution in [0.3, 0.4) is 0 Å². The lowest BCUT2D eigenvalue weighted by atomic mass is 10.2. The molecule has 1 amide bonds. The second-order valence-electron chi connectivity index (χ2n) is 7.69. The Morgan fingerprint density at radius 1 is 0.919 bits per heavy atom. The van der Waals surface area contributed by atoms with Gasteiger partial charge in [-0.3, -0.25) is 4.79 Å². The molecule has 0 aromatic heterocycles. The maximum absolute atomic E-state index is 12.6. The van der Waals surface area contributed by atoms with Gasteiger partial charge in [-0.05, 0) is 72.3 Å². The fourth-order valence-corrected chi connectivity index (χ4v) is 3.89. The number of amides is 1. The molecule has 0 fully saturated rings. The van der Waals surface area contributed by atoms with Crippen LogP contribution in [0.5, 0.6) is 11.5 Å². The van der Waals surface area contributed by atoms with E-state index in [4.69, 9.17) is 32.7 Å². The summed E-state index contributed by atoms with van der Waals surface area (Å²) in [5.41, 5.74) is 4.56. The van der Waals surface area contributed by atoms with Gasteiger partial charge >= 0.3 is 5.97 Å². The zero-order valence-corrected chi connectivity index (χ0v) is 22.3. The summed E-state index contributed by atoms with van der Waals surface area (Å²) in [6.07, 6.45) is 1.39. The Bertz CT molecular complexity index is 1440. The van der Waals surface area contributed by atoms with E-state index in [9.17, 15) is 9.59 Å². The Hall–Kier alpha value is -3.65. The molecular formula is C28H19BrCl2N2O4. The molecule has 0 saturated carbocycles. The molecule has 0 unspecified atom stereocenters. The van der Waals surface area contributed by atoms with Gasteiger partial charge in [0.15, 0.2) is 0 Å². The number of nitrogens with one attached hydrogen (secondary N) is 1. The van der Waals surface area contributed by atoms with Gasteiger partial charge in [-0.1, -0.05) is 63.4 Å². The quantitative estimate of drug-likeness (QED) is 0.0999. The minimum atomic E-state index is -0.607. The van der Waals surface area contributed by atoms with Crippen molar-refractivity contribution in [2.24, 2.45) is 5.10 Å². The second-order valence-corrected chi connectivity index (χ2v) is 9.45. The molecule has 0 aliphatic carbocycles. The van der Waals surface area contributed by atoms with Gasteiger partial charge in [0.2, 0.25) is 0 Å². The average molecular weight is 598 g/mol. The summed E-state index contributed by atoms with van der Waals surface area (Å²) in [7, 11) is 0. The molecule has 4 rings (SSSR count). The Labute approximate surface area is 232 Å². The minimum absolute atomic E-state index is 0.240. The van der Waals surface area contributed by atoms with E-state index in [1.54, 1.807) is 78.9 Å². The summed E-state index contributed by atoms with van der Waals surface area (Å²) in [6.45, 7) is 0.378. The molecule has 186 valence electrons. The Morgan fingerprint density at radius 2 is 1.65 bits per heavy atom. The van der Waals surface area contributed by atoms with Crippen molar-refractivity contribution < 1.29 is 19.1 Å². The SMILES string of the molecule is O=C(NN=Cc1cc(Br)ccc1OC(=O)c1ccccc1Cl)c1ccc(OCc2ccc(Cl)cc2)cc1. The molecule has 4 aromatic carbocycles. The standard InChI is InChI=1S/C28H19BrCl2N2O4/c29-21-9-14-26(37-28(35)24-3-1-2-4-25(24)31)20(15-21)16-32-33-27(34)19-7-12-23(13-8-19)36-17-18-5-10-22(30)11-6-18/h1-16H,17H2,(H,33,34). The van der Waals surface area contributed by atoms with Gasteiger partial charge in [-0.2, -0.15) is 5.10 Å². The molecule has 1 N–H and O–H groups in total. The van der Waals surface area contributed by atoms with Crippen molar-refractivity contribution in [2.45, 2.75) is 6.61 Å². The maximum Gasteiger partial charge on any atom is 0.345 e. The van der Waals surface area contributed by atoms with Crippen LogP contribution in [-0.2, 0) is 6.61 Å². The third-order valence-corrected chi connectivity index (χ3v) is 6.15. The topological polar surface area (TPSA) is 77.0 Å². The van der Waals surface area contributed by atoms with Crippen LogP contribution in [0.4, 0.5) is 0 Å². The number of ether oxygens (including phenoxy) is 2. The van der Waals surface area contributed by atoms with Crippen LogP contribution in [-0.4, -0.2) is 18.1 Å². The molecule has 0 heterocycles. The van der Waals surface area contributed by atoms with E-state index in [0.29, 0.717) is 28.5 Å². The first-order chi connectivity index (χ1) is 17.9. The highest BCUT2D eigenvalue weighted by Crippen LogP contribution is 2.24. The van der Waals surface area contributed by atoms with Crippen molar-refractivity contribution in [1.29, 1.82) is 0 Å². The molecule has 0 spiro atoms. The first-order valence-electron chi connectivity index (χ1n) is 11.0. The van der Waals surface area contributed by atoms with E-state index >= 15 is 0 Å². The third kappa shape index (κ3) is 7.43. The second kappa shape index (κ2) is 12.5. The van der Waals surface area contributed by atoms with Crippen molar-refractivity contribution in [2.75, 3.05) is 0 Å². The Balaban J connectivity index is 1.37. The molecule has 4 aromatic rings. The predicted molar refractivity (Wildman–Crippen MR) is 148 cm³/mol. The van der Waals surface area contributed by atoms with Crippen LogP contribution in [0, 0.1) is 0 Å². The molecule has 37 heavy (non-hydrogen) atoms. The van der Waals surface area contributed by atoms with E-state index < -0.39 is 11.9 Å². The highest BCUT2D eigenvalue weighted by molar-refractivity contribution is 9.10. The number of hydrogen-bond donors (Lipinski definition) is 1. The lowest BCUT2D eigenvalue weighted by molar-refractivity contribution is 0.0734. The highest BCUT2D eigenvalue weighted by atomic mass is 79.9. The number of rotatable bonds is 8. The van der Waals surface area contributed by atoms with Gasteiger partial charge in [0.25, 0.3) is 5.91 Å². The average Bonchev–Trinajstić information content (AvgIpc) is 2.90. The number of carbonyl (C=O) groups excluding carboxylic acids is 2. The van der Waals surface area contributed by atoms with Crippen LogP contribution >= 0.6 is 39.1 Å². The van der Waals surface area contributed by atoms with Crippen molar-refractivity contribution in [3.63, 3.8) is 0 Å². The summed E-state index contributed by atoms with van der Waals surface area (Å²) in [6, 6.07) is 25.7. The number of hydrazone groups is 1. The first-order valence-corrected chi connectivity index (χ1v) is 12.5. The van der Waals surface area contributed by atoms with Gasteiger partial charge in [0.05, 0.1) is 16.8 Å². The minimum Gasteiger partial charge on any atom is -0.489 e. The maximum atomic E-state index is 12.6. The van der Waals surface area contributed by atoms with Crippen molar-refractivity contribution >= 4 is 57.2 Å². The molecule has 6 nitrogen and oxygen atoms in total. The molecular weight excluding hydrogens is 579 g/mol. The summed E-state index contributed by atoms with van der Waals surface area (Å²) >= 11 is 15.4. The number of benzene rings is 4. The molecule has 0 aliphatic rings.